The summed E-state index contributed by atoms with van der Waals surface area (Å²) in [4.78, 5) is 29.9. The fourth-order valence-electron chi connectivity index (χ4n) is 4.39. The van der Waals surface area contributed by atoms with Crippen molar-refractivity contribution >= 4 is 17.4 Å². The highest BCUT2D eigenvalue weighted by Gasteiger charge is 2.46. The number of methoxy groups -OCH3 is 1. The van der Waals surface area contributed by atoms with Crippen LogP contribution in [0.4, 0.5) is 4.39 Å². The lowest BCUT2D eigenvalue weighted by molar-refractivity contribution is -0.140. The van der Waals surface area contributed by atoms with Gasteiger partial charge in [-0.05, 0) is 30.2 Å². The fourth-order valence-corrected chi connectivity index (χ4v) is 4.39. The zero-order chi connectivity index (χ0) is 23.4. The van der Waals surface area contributed by atoms with Gasteiger partial charge in [-0.3, -0.25) is 14.5 Å². The first-order valence-corrected chi connectivity index (χ1v) is 11.0. The van der Waals surface area contributed by atoms with Gasteiger partial charge in [-0.25, -0.2) is 4.39 Å². The zero-order valence-corrected chi connectivity index (χ0v) is 18.5. The summed E-state index contributed by atoms with van der Waals surface area (Å²) in [5.41, 5.74) is 0.659. The molecule has 2 saturated heterocycles. The van der Waals surface area contributed by atoms with Gasteiger partial charge in [-0.15, -0.1) is 0 Å². The normalized spacial score (nSPS) is 20.9. The van der Waals surface area contributed by atoms with Gasteiger partial charge >= 0.3 is 0 Å². The third-order valence-corrected chi connectivity index (χ3v) is 6.05. The Morgan fingerprint density at radius 1 is 1.12 bits per heavy atom. The predicted octanol–water partition coefficient (Wildman–Crippen LogP) is 2.98. The first-order valence-electron chi connectivity index (χ1n) is 11.0. The van der Waals surface area contributed by atoms with Crippen LogP contribution in [0.25, 0.3) is 5.76 Å². The van der Waals surface area contributed by atoms with Crippen molar-refractivity contribution in [2.45, 2.75) is 12.5 Å². The summed E-state index contributed by atoms with van der Waals surface area (Å²) < 4.78 is 24.6. The zero-order valence-electron chi connectivity index (χ0n) is 18.5. The monoisotopic (exact) mass is 454 g/mol. The van der Waals surface area contributed by atoms with Crippen LogP contribution in [-0.2, 0) is 14.3 Å². The molecule has 2 aliphatic rings. The fraction of sp³-hybridized carbons (Fsp3) is 0.360. The van der Waals surface area contributed by atoms with Crippen LogP contribution in [0.15, 0.2) is 54.1 Å². The standard InChI is InChI=1S/C25H27FN2O5/c1-32-20-9-8-18(26)16-19(20)23(29)21-22(17-6-3-2-4-7-17)28(25(31)24(21)30)11-5-10-27-12-14-33-15-13-27/h2-4,6-9,16,22,29H,5,10-15H2,1H3. The minimum Gasteiger partial charge on any atom is -0.507 e. The first kappa shape index (κ1) is 22.9. The number of benzene rings is 2. The summed E-state index contributed by atoms with van der Waals surface area (Å²) in [6.45, 7) is 4.15. The number of ketones is 1. The molecular weight excluding hydrogens is 427 g/mol. The van der Waals surface area contributed by atoms with Crippen LogP contribution < -0.4 is 4.74 Å². The number of rotatable bonds is 7. The molecule has 0 saturated carbocycles. The molecule has 2 heterocycles. The van der Waals surface area contributed by atoms with Crippen LogP contribution in [0.2, 0.25) is 0 Å². The summed E-state index contributed by atoms with van der Waals surface area (Å²) in [6, 6.07) is 12.0. The molecule has 2 aromatic carbocycles. The van der Waals surface area contributed by atoms with E-state index < -0.39 is 29.3 Å². The molecule has 174 valence electrons. The Balaban J connectivity index is 1.70. The minimum atomic E-state index is -0.793. The second-order valence-electron chi connectivity index (χ2n) is 8.06. The maximum atomic E-state index is 14.0. The summed E-state index contributed by atoms with van der Waals surface area (Å²) in [6.07, 6.45) is 0.666. The van der Waals surface area contributed by atoms with Crippen molar-refractivity contribution in [1.82, 2.24) is 9.80 Å². The molecule has 1 atom stereocenters. The molecule has 1 amide bonds. The van der Waals surface area contributed by atoms with E-state index in [0.29, 0.717) is 31.7 Å². The summed E-state index contributed by atoms with van der Waals surface area (Å²) >= 11 is 0. The summed E-state index contributed by atoms with van der Waals surface area (Å²) in [7, 11) is 1.39. The second kappa shape index (κ2) is 10.1. The lowest BCUT2D eigenvalue weighted by Crippen LogP contribution is -2.38. The van der Waals surface area contributed by atoms with Gasteiger partial charge in [-0.1, -0.05) is 30.3 Å². The molecule has 0 radical (unpaired) electrons. The van der Waals surface area contributed by atoms with Crippen molar-refractivity contribution < 1.29 is 28.6 Å². The maximum absolute atomic E-state index is 14.0. The lowest BCUT2D eigenvalue weighted by atomic mass is 9.95. The molecule has 8 heteroatoms. The summed E-state index contributed by atoms with van der Waals surface area (Å²) in [5, 5.41) is 11.1. The number of hydrogen-bond donors (Lipinski definition) is 1. The average Bonchev–Trinajstić information content (AvgIpc) is 3.10. The smallest absolute Gasteiger partial charge is 0.295 e. The van der Waals surface area contributed by atoms with E-state index in [2.05, 4.69) is 4.90 Å². The van der Waals surface area contributed by atoms with Gasteiger partial charge in [0.2, 0.25) is 0 Å². The average molecular weight is 454 g/mol. The Labute approximate surface area is 192 Å². The van der Waals surface area contributed by atoms with E-state index in [1.54, 1.807) is 0 Å². The third kappa shape index (κ3) is 4.77. The number of likely N-dealkylation sites (tertiary alicyclic amines) is 1. The van der Waals surface area contributed by atoms with Gasteiger partial charge in [0.15, 0.2) is 0 Å². The van der Waals surface area contributed by atoms with Crippen LogP contribution >= 0.6 is 0 Å². The second-order valence-corrected chi connectivity index (χ2v) is 8.06. The molecule has 7 nitrogen and oxygen atoms in total. The molecule has 0 aromatic heterocycles. The quantitative estimate of drug-likeness (QED) is 0.394. The van der Waals surface area contributed by atoms with Gasteiger partial charge in [0.05, 0.1) is 37.5 Å². The number of Topliss-reactive ketones (excluding diaryl/α,β-unsaturated/α-hetero) is 1. The third-order valence-electron chi connectivity index (χ3n) is 6.05. The minimum absolute atomic E-state index is 0.0322. The molecule has 2 fully saturated rings. The SMILES string of the molecule is COc1ccc(F)cc1C(O)=C1C(=O)C(=O)N(CCCN2CCOCC2)C1c1ccccc1. The molecular formula is C25H27FN2O5. The largest absolute Gasteiger partial charge is 0.507 e. The number of amides is 1. The van der Waals surface area contributed by atoms with E-state index >= 15 is 0 Å². The van der Waals surface area contributed by atoms with Gasteiger partial charge in [0.1, 0.15) is 17.3 Å². The Morgan fingerprint density at radius 2 is 1.85 bits per heavy atom. The van der Waals surface area contributed by atoms with Crippen molar-refractivity contribution in [1.29, 1.82) is 0 Å². The van der Waals surface area contributed by atoms with E-state index in [0.717, 1.165) is 25.7 Å². The van der Waals surface area contributed by atoms with Crippen LogP contribution in [-0.4, -0.2) is 73.1 Å². The number of morpholine rings is 1. The Kier molecular flexibility index (Phi) is 7.05. The molecule has 0 aliphatic carbocycles. The van der Waals surface area contributed by atoms with Gasteiger partial charge < -0.3 is 19.5 Å². The van der Waals surface area contributed by atoms with Crippen molar-refractivity contribution in [3.8, 4) is 5.75 Å². The number of nitrogens with zero attached hydrogens (tertiary/aromatic N) is 2. The number of hydrogen-bond acceptors (Lipinski definition) is 6. The van der Waals surface area contributed by atoms with Crippen LogP contribution in [0.5, 0.6) is 5.75 Å². The molecule has 33 heavy (non-hydrogen) atoms. The van der Waals surface area contributed by atoms with Crippen molar-refractivity contribution in [3.63, 3.8) is 0 Å². The van der Waals surface area contributed by atoms with Gasteiger partial charge in [0, 0.05) is 26.2 Å². The number of aliphatic hydroxyl groups is 1. The molecule has 4 rings (SSSR count). The van der Waals surface area contributed by atoms with Gasteiger partial charge in [-0.2, -0.15) is 0 Å². The van der Waals surface area contributed by atoms with Crippen molar-refractivity contribution in [2.24, 2.45) is 0 Å². The van der Waals surface area contributed by atoms with Crippen LogP contribution in [0.3, 0.4) is 0 Å². The highest BCUT2D eigenvalue weighted by atomic mass is 19.1. The topological polar surface area (TPSA) is 79.3 Å². The highest BCUT2D eigenvalue weighted by molar-refractivity contribution is 6.46. The van der Waals surface area contributed by atoms with Crippen molar-refractivity contribution in [2.75, 3.05) is 46.5 Å². The molecule has 2 aliphatic heterocycles. The first-order chi connectivity index (χ1) is 16.0. The molecule has 1 unspecified atom stereocenters. The van der Waals surface area contributed by atoms with Crippen LogP contribution in [0.1, 0.15) is 23.6 Å². The van der Waals surface area contributed by atoms with E-state index in [9.17, 15) is 19.1 Å². The Morgan fingerprint density at radius 3 is 2.55 bits per heavy atom. The van der Waals surface area contributed by atoms with Crippen LogP contribution in [0, 0.1) is 5.82 Å². The number of halogens is 1. The van der Waals surface area contributed by atoms with E-state index in [1.807, 2.05) is 30.3 Å². The number of aliphatic hydroxyl groups excluding tert-OH is 1. The molecule has 2 aromatic rings. The summed E-state index contributed by atoms with van der Waals surface area (Å²) in [5.74, 6) is -2.30. The molecule has 1 N–H and O–H groups in total. The molecule has 0 bridgehead atoms. The number of carbonyl (C=O) groups excluding carboxylic acids is 2. The molecule has 0 spiro atoms. The number of carbonyl (C=O) groups is 2. The maximum Gasteiger partial charge on any atom is 0.295 e. The highest BCUT2D eigenvalue weighted by Crippen LogP contribution is 2.41. The van der Waals surface area contributed by atoms with E-state index in [-0.39, 0.29) is 16.9 Å². The van der Waals surface area contributed by atoms with Crippen molar-refractivity contribution in [3.05, 3.63) is 71.0 Å². The predicted molar refractivity (Wildman–Crippen MR) is 120 cm³/mol. The van der Waals surface area contributed by atoms with Gasteiger partial charge in [0.25, 0.3) is 11.7 Å². The Bertz CT molecular complexity index is 1050. The van der Waals surface area contributed by atoms with E-state index in [1.165, 1.54) is 24.1 Å². The van der Waals surface area contributed by atoms with E-state index in [4.69, 9.17) is 9.47 Å². The Hall–Kier alpha value is -3.23. The lowest BCUT2D eigenvalue weighted by Gasteiger charge is -2.29. The number of ether oxygens (including phenoxy) is 2.